The average molecular weight is 310 g/mol. The molecule has 1 aliphatic rings. The number of carbonyl (C=O) groups is 1. The minimum absolute atomic E-state index is 0.186. The minimum atomic E-state index is -0.472. The lowest BCUT2D eigenvalue weighted by molar-refractivity contribution is 0.00585. The highest BCUT2D eigenvalue weighted by atomic mass is 35.5. The normalized spacial score (nSPS) is 15.1. The van der Waals surface area contributed by atoms with E-state index < -0.39 is 6.10 Å². The summed E-state index contributed by atoms with van der Waals surface area (Å²) in [7, 11) is 0. The summed E-state index contributed by atoms with van der Waals surface area (Å²) in [6, 6.07) is 5.68. The monoisotopic (exact) mass is 309 g/mol. The van der Waals surface area contributed by atoms with Crippen molar-refractivity contribution in [3.05, 3.63) is 46.5 Å². The second-order valence-corrected chi connectivity index (χ2v) is 5.36. The summed E-state index contributed by atoms with van der Waals surface area (Å²) in [6.45, 7) is 2.29. The number of likely N-dealkylation sites (tertiary alicyclic amines) is 1. The SMILES string of the molecule is Cc1nn(-c2ccc(F)cc2)c(Cl)c1C(=O)N1CC(O)C1. The molecule has 1 amide bonds. The van der Waals surface area contributed by atoms with Crippen LogP contribution in [0.1, 0.15) is 16.1 Å². The van der Waals surface area contributed by atoms with Gasteiger partial charge in [-0.15, -0.1) is 0 Å². The second kappa shape index (κ2) is 5.13. The molecular formula is C14H13ClFN3O2. The maximum Gasteiger partial charge on any atom is 0.259 e. The number of aliphatic hydroxyl groups is 1. The van der Waals surface area contributed by atoms with E-state index in [1.54, 1.807) is 6.92 Å². The minimum Gasteiger partial charge on any atom is -0.389 e. The van der Waals surface area contributed by atoms with Crippen LogP contribution in [0.5, 0.6) is 0 Å². The highest BCUT2D eigenvalue weighted by Gasteiger charge is 2.33. The van der Waals surface area contributed by atoms with E-state index in [1.807, 2.05) is 0 Å². The predicted molar refractivity (Wildman–Crippen MR) is 75.2 cm³/mol. The van der Waals surface area contributed by atoms with Gasteiger partial charge in [0.05, 0.1) is 23.0 Å². The molecule has 1 saturated heterocycles. The van der Waals surface area contributed by atoms with Crippen molar-refractivity contribution in [3.8, 4) is 5.69 Å². The fourth-order valence-electron chi connectivity index (χ4n) is 2.27. The fraction of sp³-hybridized carbons (Fsp3) is 0.286. The van der Waals surface area contributed by atoms with Crippen molar-refractivity contribution < 1.29 is 14.3 Å². The number of amides is 1. The van der Waals surface area contributed by atoms with Crippen molar-refractivity contribution in [2.75, 3.05) is 13.1 Å². The molecule has 1 aromatic heterocycles. The lowest BCUT2D eigenvalue weighted by atomic mass is 10.1. The Kier molecular flexibility index (Phi) is 3.43. The van der Waals surface area contributed by atoms with E-state index in [0.29, 0.717) is 30.0 Å². The van der Waals surface area contributed by atoms with E-state index in [9.17, 15) is 14.3 Å². The largest absolute Gasteiger partial charge is 0.389 e. The lowest BCUT2D eigenvalue weighted by Gasteiger charge is -2.35. The van der Waals surface area contributed by atoms with Gasteiger partial charge < -0.3 is 10.0 Å². The molecule has 2 aromatic rings. The number of hydrogen-bond donors (Lipinski definition) is 1. The number of benzene rings is 1. The van der Waals surface area contributed by atoms with Gasteiger partial charge in [-0.1, -0.05) is 11.6 Å². The number of nitrogens with zero attached hydrogens (tertiary/aromatic N) is 3. The van der Waals surface area contributed by atoms with Crippen LogP contribution in [-0.4, -0.2) is 44.9 Å². The van der Waals surface area contributed by atoms with Gasteiger partial charge >= 0.3 is 0 Å². The van der Waals surface area contributed by atoms with Gasteiger partial charge in [0, 0.05) is 13.1 Å². The Labute approximate surface area is 125 Å². The summed E-state index contributed by atoms with van der Waals surface area (Å²) in [4.78, 5) is 13.8. The molecule has 0 unspecified atom stereocenters. The Morgan fingerprint density at radius 1 is 1.38 bits per heavy atom. The molecule has 0 saturated carbocycles. The van der Waals surface area contributed by atoms with Gasteiger partial charge in [-0.25, -0.2) is 9.07 Å². The molecule has 0 spiro atoms. The first-order valence-corrected chi connectivity index (χ1v) is 6.83. The van der Waals surface area contributed by atoms with E-state index in [4.69, 9.17) is 11.6 Å². The van der Waals surface area contributed by atoms with Crippen molar-refractivity contribution in [1.82, 2.24) is 14.7 Å². The predicted octanol–water partition coefficient (Wildman–Crippen LogP) is 1.79. The van der Waals surface area contributed by atoms with E-state index in [0.717, 1.165) is 0 Å². The van der Waals surface area contributed by atoms with Gasteiger partial charge in [0.15, 0.2) is 0 Å². The first kappa shape index (κ1) is 14.0. The fourth-order valence-corrected chi connectivity index (χ4v) is 2.63. The van der Waals surface area contributed by atoms with Crippen LogP contribution in [0.25, 0.3) is 5.69 Å². The molecule has 1 fully saturated rings. The first-order valence-electron chi connectivity index (χ1n) is 6.46. The number of halogens is 2. The summed E-state index contributed by atoms with van der Waals surface area (Å²) >= 11 is 6.26. The van der Waals surface area contributed by atoms with Crippen LogP contribution in [-0.2, 0) is 0 Å². The maximum atomic E-state index is 13.0. The van der Waals surface area contributed by atoms with Crippen molar-refractivity contribution in [3.63, 3.8) is 0 Å². The summed E-state index contributed by atoms with van der Waals surface area (Å²) in [5, 5.41) is 13.7. The van der Waals surface area contributed by atoms with E-state index in [1.165, 1.54) is 33.8 Å². The number of hydrogen-bond acceptors (Lipinski definition) is 3. The topological polar surface area (TPSA) is 58.4 Å². The molecule has 1 aliphatic heterocycles. The van der Waals surface area contributed by atoms with Crippen LogP contribution in [0.15, 0.2) is 24.3 Å². The third-order valence-electron chi connectivity index (χ3n) is 3.44. The summed E-state index contributed by atoms with van der Waals surface area (Å²) in [5.41, 5.74) is 1.39. The van der Waals surface area contributed by atoms with Crippen molar-refractivity contribution in [2.24, 2.45) is 0 Å². The van der Waals surface area contributed by atoms with Gasteiger partial charge in [-0.2, -0.15) is 5.10 Å². The molecule has 1 N–H and O–H groups in total. The molecule has 7 heteroatoms. The van der Waals surface area contributed by atoms with E-state index in [2.05, 4.69) is 5.10 Å². The average Bonchev–Trinajstić information content (AvgIpc) is 2.71. The van der Waals surface area contributed by atoms with Crippen LogP contribution in [0.2, 0.25) is 5.15 Å². The van der Waals surface area contributed by atoms with Crippen molar-refractivity contribution >= 4 is 17.5 Å². The maximum absolute atomic E-state index is 13.0. The quantitative estimate of drug-likeness (QED) is 0.920. The zero-order valence-electron chi connectivity index (χ0n) is 11.3. The van der Waals surface area contributed by atoms with Crippen LogP contribution in [0.4, 0.5) is 4.39 Å². The van der Waals surface area contributed by atoms with Gasteiger partial charge in [-0.3, -0.25) is 4.79 Å². The third-order valence-corrected chi connectivity index (χ3v) is 3.79. The number of aromatic nitrogens is 2. The number of rotatable bonds is 2. The molecule has 110 valence electrons. The molecule has 21 heavy (non-hydrogen) atoms. The highest BCUT2D eigenvalue weighted by Crippen LogP contribution is 2.26. The zero-order chi connectivity index (χ0) is 15.1. The Morgan fingerprint density at radius 3 is 2.57 bits per heavy atom. The lowest BCUT2D eigenvalue weighted by Crippen LogP contribution is -2.53. The van der Waals surface area contributed by atoms with Crippen LogP contribution < -0.4 is 0 Å². The molecule has 0 radical (unpaired) electrons. The number of β-amino-alcohol motifs (C(OH)–C–C–N with tert-alkyl or cyclic N) is 1. The second-order valence-electron chi connectivity index (χ2n) is 5.00. The Hall–Kier alpha value is -1.92. The smallest absolute Gasteiger partial charge is 0.259 e. The Morgan fingerprint density at radius 2 is 2.00 bits per heavy atom. The molecule has 0 bridgehead atoms. The Bertz CT molecular complexity index is 693. The van der Waals surface area contributed by atoms with Crippen molar-refractivity contribution in [2.45, 2.75) is 13.0 Å². The highest BCUT2D eigenvalue weighted by molar-refractivity contribution is 6.33. The molecule has 1 aromatic carbocycles. The first-order chi connectivity index (χ1) is 9.97. The molecule has 0 aliphatic carbocycles. The number of aryl methyl sites for hydroxylation is 1. The standard InChI is InChI=1S/C14H13ClFN3O2/c1-8-12(14(21)18-6-11(20)7-18)13(15)19(17-8)10-4-2-9(16)3-5-10/h2-5,11,20H,6-7H2,1H3. The number of aliphatic hydroxyl groups excluding tert-OH is 1. The van der Waals surface area contributed by atoms with Crippen LogP contribution >= 0.6 is 11.6 Å². The molecule has 0 atom stereocenters. The Balaban J connectivity index is 1.96. The van der Waals surface area contributed by atoms with Crippen LogP contribution in [0.3, 0.4) is 0 Å². The molecule has 2 heterocycles. The van der Waals surface area contributed by atoms with E-state index >= 15 is 0 Å². The molecule has 3 rings (SSSR count). The van der Waals surface area contributed by atoms with E-state index in [-0.39, 0.29) is 16.9 Å². The van der Waals surface area contributed by atoms with Gasteiger partial charge in [-0.05, 0) is 31.2 Å². The van der Waals surface area contributed by atoms with Gasteiger partial charge in [0.1, 0.15) is 11.0 Å². The summed E-state index contributed by atoms with van der Waals surface area (Å²) in [6.07, 6.45) is -0.472. The summed E-state index contributed by atoms with van der Waals surface area (Å²) < 4.78 is 14.4. The van der Waals surface area contributed by atoms with Gasteiger partial charge in [0.25, 0.3) is 5.91 Å². The number of carbonyl (C=O) groups excluding carboxylic acids is 1. The molecular weight excluding hydrogens is 297 g/mol. The molecule has 5 nitrogen and oxygen atoms in total. The van der Waals surface area contributed by atoms with Crippen LogP contribution in [0, 0.1) is 12.7 Å². The van der Waals surface area contributed by atoms with Gasteiger partial charge in [0.2, 0.25) is 0 Å². The third kappa shape index (κ3) is 2.41. The zero-order valence-corrected chi connectivity index (χ0v) is 12.0. The summed E-state index contributed by atoms with van der Waals surface area (Å²) in [5.74, 6) is -0.610. The van der Waals surface area contributed by atoms with Crippen molar-refractivity contribution in [1.29, 1.82) is 0 Å².